The molecule has 0 bridgehead atoms. The van der Waals surface area contributed by atoms with E-state index in [0.717, 1.165) is 25.1 Å². The fourth-order valence-electron chi connectivity index (χ4n) is 2.83. The van der Waals surface area contributed by atoms with Gasteiger partial charge in [0, 0.05) is 43.5 Å². The van der Waals surface area contributed by atoms with Gasteiger partial charge in [0.2, 0.25) is 0 Å². The van der Waals surface area contributed by atoms with Gasteiger partial charge in [-0.1, -0.05) is 12.2 Å². The van der Waals surface area contributed by atoms with Crippen LogP contribution in [0, 0.1) is 5.41 Å². The van der Waals surface area contributed by atoms with Crippen molar-refractivity contribution in [2.75, 3.05) is 19.6 Å². The zero-order valence-corrected chi connectivity index (χ0v) is 16.5. The lowest BCUT2D eigenvalue weighted by Gasteiger charge is -2.19. The molecule has 0 spiro atoms. The number of nitrogens with one attached hydrogen (secondary N) is 2. The monoisotopic (exact) mass is 405 g/mol. The second-order valence-electron chi connectivity index (χ2n) is 6.48. The van der Waals surface area contributed by atoms with Crippen molar-refractivity contribution in [3.63, 3.8) is 0 Å². The van der Waals surface area contributed by atoms with E-state index in [4.69, 9.17) is 15.7 Å². The minimum absolute atomic E-state index is 0.0803. The summed E-state index contributed by atoms with van der Waals surface area (Å²) in [6.45, 7) is 7.19. The first kappa shape index (κ1) is 21.9. The Hall–Kier alpha value is -2.40. The van der Waals surface area contributed by atoms with E-state index in [1.165, 1.54) is 12.3 Å². The third-order valence-electron chi connectivity index (χ3n) is 4.43. The van der Waals surface area contributed by atoms with Crippen LogP contribution in [0.2, 0.25) is 0 Å². The summed E-state index contributed by atoms with van der Waals surface area (Å²) in [7, 11) is 0. The van der Waals surface area contributed by atoms with Crippen LogP contribution in [0.3, 0.4) is 0 Å². The van der Waals surface area contributed by atoms with E-state index in [9.17, 15) is 9.32 Å². The van der Waals surface area contributed by atoms with Gasteiger partial charge in [-0.25, -0.2) is 9.20 Å². The van der Waals surface area contributed by atoms with Gasteiger partial charge in [0.05, 0.1) is 10.6 Å². The molecular formula is C18H25N6O3S-. The maximum Gasteiger partial charge on any atom is 0.186 e. The van der Waals surface area contributed by atoms with Gasteiger partial charge in [-0.05, 0) is 38.1 Å². The first-order valence-corrected chi connectivity index (χ1v) is 9.85. The molecule has 1 aliphatic heterocycles. The van der Waals surface area contributed by atoms with E-state index in [0.29, 0.717) is 23.6 Å². The molecule has 0 aromatic heterocycles. The van der Waals surface area contributed by atoms with Crippen molar-refractivity contribution in [2.24, 2.45) is 15.7 Å². The maximum absolute atomic E-state index is 12.4. The standard InChI is InChI=1S/C18H26N6O3S/c1-12(13-3-5-15(6-4-13)28(26)27)23-16(17(20)21-2)18(25)22-8-10-24-9-7-14(19)11-24/h3,5-6,8,14,20,23,25H,2,4,7,9-11,19H2,1H3,(H,26,27)/p-1. The molecule has 2 atom stereocenters. The quantitative estimate of drug-likeness (QED) is 0.206. The highest BCUT2D eigenvalue weighted by Crippen LogP contribution is 2.20. The number of amidine groups is 1. The van der Waals surface area contributed by atoms with Crippen LogP contribution in [-0.2, 0) is 11.1 Å². The van der Waals surface area contributed by atoms with Gasteiger partial charge in [0.15, 0.2) is 16.9 Å². The summed E-state index contributed by atoms with van der Waals surface area (Å²) in [4.78, 5) is 9.86. The highest BCUT2D eigenvalue weighted by molar-refractivity contribution is 7.83. The minimum atomic E-state index is -2.03. The number of likely N-dealkylation sites (tertiary alicyclic amines) is 1. The number of hydrogen-bond acceptors (Lipinski definition) is 7. The second kappa shape index (κ2) is 10.2. The number of nitrogens with zero attached hydrogens (tertiary/aromatic N) is 3. The lowest BCUT2D eigenvalue weighted by molar-refractivity contribution is -0.305. The zero-order chi connectivity index (χ0) is 20.7. The topological polar surface area (TPSA) is 150 Å². The predicted octanol–water partition coefficient (Wildman–Crippen LogP) is 0.227. The number of hydrogen-bond donors (Lipinski definition) is 4. The van der Waals surface area contributed by atoms with E-state index in [1.807, 2.05) is 0 Å². The summed E-state index contributed by atoms with van der Waals surface area (Å²) < 4.78 is 20.2. The molecule has 2 rings (SSSR count). The minimum Gasteiger partial charge on any atom is -0.857 e. The molecule has 10 heteroatoms. The van der Waals surface area contributed by atoms with Crippen molar-refractivity contribution in [2.45, 2.75) is 25.8 Å². The lowest BCUT2D eigenvalue weighted by Crippen LogP contribution is -2.28. The largest absolute Gasteiger partial charge is 0.857 e. The fraction of sp³-hybridized carbons (Fsp3) is 0.389. The Balaban J connectivity index is 2.12. The van der Waals surface area contributed by atoms with Crippen LogP contribution in [0.1, 0.15) is 19.8 Å². The molecule has 0 aromatic carbocycles. The van der Waals surface area contributed by atoms with Gasteiger partial charge in [0.1, 0.15) is 0 Å². The summed E-state index contributed by atoms with van der Waals surface area (Å²) >= 11 is -2.03. The van der Waals surface area contributed by atoms with E-state index in [1.54, 1.807) is 19.1 Å². The molecule has 0 radical (unpaired) electrons. The lowest BCUT2D eigenvalue weighted by atomic mass is 10.1. The normalized spacial score (nSPS) is 24.0. The summed E-state index contributed by atoms with van der Waals surface area (Å²) in [6, 6.07) is 0.154. The van der Waals surface area contributed by atoms with E-state index in [2.05, 4.69) is 26.9 Å². The smallest absolute Gasteiger partial charge is 0.186 e. The van der Waals surface area contributed by atoms with Crippen LogP contribution in [0.4, 0.5) is 0 Å². The average Bonchev–Trinajstić information content (AvgIpc) is 3.10. The number of allylic oxidation sites excluding steroid dienone is 5. The molecule has 0 saturated carbocycles. The Morgan fingerprint density at radius 1 is 1.61 bits per heavy atom. The highest BCUT2D eigenvalue weighted by atomic mass is 32.2. The Labute approximate surface area is 166 Å². The zero-order valence-electron chi connectivity index (χ0n) is 15.7. The SMILES string of the molecule is C=NC(=N)C(NC(C)=C1C=CC(S(=O)O)=CC1)=C([O-])N=CCN1CCC(N)C1. The van der Waals surface area contributed by atoms with E-state index < -0.39 is 17.0 Å². The van der Waals surface area contributed by atoms with Gasteiger partial charge < -0.3 is 20.7 Å². The van der Waals surface area contributed by atoms with Crippen LogP contribution in [0.25, 0.3) is 0 Å². The van der Waals surface area contributed by atoms with Crippen molar-refractivity contribution in [3.8, 4) is 0 Å². The average molecular weight is 406 g/mol. The van der Waals surface area contributed by atoms with Gasteiger partial charge in [0.25, 0.3) is 0 Å². The van der Waals surface area contributed by atoms with Crippen molar-refractivity contribution in [1.29, 1.82) is 5.41 Å². The molecule has 9 nitrogen and oxygen atoms in total. The van der Waals surface area contributed by atoms with Gasteiger partial charge >= 0.3 is 0 Å². The van der Waals surface area contributed by atoms with Crippen molar-refractivity contribution in [1.82, 2.24) is 10.2 Å². The molecule has 2 unspecified atom stereocenters. The first-order chi connectivity index (χ1) is 13.3. The molecule has 1 fully saturated rings. The van der Waals surface area contributed by atoms with Gasteiger partial charge in [-0.3, -0.25) is 15.3 Å². The third-order valence-corrected chi connectivity index (χ3v) is 5.14. The Bertz CT molecular complexity index is 812. The van der Waals surface area contributed by atoms with E-state index >= 15 is 0 Å². The van der Waals surface area contributed by atoms with Crippen LogP contribution in [0.15, 0.2) is 56.0 Å². The van der Waals surface area contributed by atoms with Gasteiger partial charge in [-0.2, -0.15) is 0 Å². The molecule has 0 amide bonds. The number of aliphatic imine (C=N–C) groups is 2. The predicted molar refractivity (Wildman–Crippen MR) is 110 cm³/mol. The maximum atomic E-state index is 12.4. The van der Waals surface area contributed by atoms with Crippen LogP contribution < -0.4 is 16.2 Å². The second-order valence-corrected chi connectivity index (χ2v) is 7.44. The summed E-state index contributed by atoms with van der Waals surface area (Å²) in [5.74, 6) is -0.925. The van der Waals surface area contributed by atoms with Crippen LogP contribution in [-0.4, -0.2) is 58.1 Å². The molecule has 28 heavy (non-hydrogen) atoms. The van der Waals surface area contributed by atoms with Gasteiger partial charge in [-0.15, -0.1) is 0 Å². The fourth-order valence-corrected chi connectivity index (χ4v) is 3.24. The summed E-state index contributed by atoms with van der Waals surface area (Å²) in [5, 5.41) is 23.2. The van der Waals surface area contributed by atoms with Crippen LogP contribution >= 0.6 is 0 Å². The number of nitrogens with two attached hydrogens (primary N) is 1. The van der Waals surface area contributed by atoms with Crippen molar-refractivity contribution < 1.29 is 13.9 Å². The van der Waals surface area contributed by atoms with Crippen molar-refractivity contribution in [3.05, 3.63) is 46.0 Å². The van der Waals surface area contributed by atoms with Crippen LogP contribution in [0.5, 0.6) is 0 Å². The number of rotatable bonds is 7. The first-order valence-electron chi connectivity index (χ1n) is 8.75. The molecule has 1 saturated heterocycles. The third kappa shape index (κ3) is 6.06. The summed E-state index contributed by atoms with van der Waals surface area (Å²) in [5.41, 5.74) is 7.20. The molecule has 152 valence electrons. The molecule has 0 aromatic rings. The molecule has 1 aliphatic carbocycles. The van der Waals surface area contributed by atoms with E-state index in [-0.39, 0.29) is 17.6 Å². The molecular weight excluding hydrogens is 380 g/mol. The molecule has 1 heterocycles. The Morgan fingerprint density at radius 2 is 2.36 bits per heavy atom. The highest BCUT2D eigenvalue weighted by Gasteiger charge is 2.17. The Morgan fingerprint density at radius 3 is 2.89 bits per heavy atom. The molecule has 5 N–H and O–H groups in total. The summed E-state index contributed by atoms with van der Waals surface area (Å²) in [6.07, 6.45) is 7.72. The van der Waals surface area contributed by atoms with Crippen molar-refractivity contribution >= 4 is 29.8 Å². The Kier molecular flexibility index (Phi) is 8.00. The molecule has 2 aliphatic rings.